The Kier molecular flexibility index (Phi) is 4.61. The molecule has 1 aromatic carbocycles. The number of carbonyl (C=O) groups excluding carboxylic acids is 1. The molecule has 0 aromatic heterocycles. The fraction of sp³-hybridized carbons (Fsp3) is 0.500. The number of halogens is 3. The first kappa shape index (κ1) is 15.5. The van der Waals surface area contributed by atoms with Crippen LogP contribution in [-0.4, -0.2) is 12.6 Å². The topological polar surface area (TPSA) is 26.3 Å². The third kappa shape index (κ3) is 2.74. The van der Waals surface area contributed by atoms with E-state index in [0.717, 1.165) is 0 Å². The molecule has 0 saturated heterocycles. The predicted octanol–water partition coefficient (Wildman–Crippen LogP) is 3.58. The molecule has 0 heterocycles. The predicted molar refractivity (Wildman–Crippen MR) is 65.1 cm³/mol. The van der Waals surface area contributed by atoms with Gasteiger partial charge in [-0.2, -0.15) is 0 Å². The van der Waals surface area contributed by atoms with Gasteiger partial charge in [0.15, 0.2) is 0 Å². The molecular weight excluding hydrogens is 257 g/mol. The molecular formula is C14H17F3O2. The summed E-state index contributed by atoms with van der Waals surface area (Å²) in [5.74, 6) is -4.33. The summed E-state index contributed by atoms with van der Waals surface area (Å²) < 4.78 is 45.6. The number of hydrogen-bond donors (Lipinski definition) is 0. The molecule has 0 radical (unpaired) electrons. The van der Waals surface area contributed by atoms with E-state index in [1.807, 2.05) is 0 Å². The van der Waals surface area contributed by atoms with Gasteiger partial charge in [0.05, 0.1) is 12.0 Å². The van der Waals surface area contributed by atoms with Crippen molar-refractivity contribution in [2.75, 3.05) is 6.61 Å². The minimum Gasteiger partial charge on any atom is -0.465 e. The van der Waals surface area contributed by atoms with Crippen molar-refractivity contribution in [3.8, 4) is 0 Å². The zero-order chi connectivity index (χ0) is 14.8. The van der Waals surface area contributed by atoms with E-state index < -0.39 is 40.3 Å². The maximum Gasteiger partial charge on any atom is 0.316 e. The lowest BCUT2D eigenvalue weighted by Crippen LogP contribution is -2.41. The van der Waals surface area contributed by atoms with Gasteiger partial charge < -0.3 is 4.74 Å². The average Bonchev–Trinajstić information content (AvgIpc) is 2.27. The van der Waals surface area contributed by atoms with Crippen molar-refractivity contribution >= 4 is 5.97 Å². The highest BCUT2D eigenvalue weighted by Crippen LogP contribution is 2.37. The summed E-state index contributed by atoms with van der Waals surface area (Å²) in [7, 11) is 0. The number of hydrogen-bond acceptors (Lipinski definition) is 2. The van der Waals surface area contributed by atoms with Gasteiger partial charge in [-0.3, -0.25) is 4.79 Å². The molecule has 106 valence electrons. The Balaban J connectivity index is 3.47. The zero-order valence-corrected chi connectivity index (χ0v) is 11.4. The van der Waals surface area contributed by atoms with Crippen LogP contribution in [0.15, 0.2) is 12.1 Å². The number of carbonyl (C=O) groups is 1. The average molecular weight is 274 g/mol. The quantitative estimate of drug-likeness (QED) is 0.784. The van der Waals surface area contributed by atoms with Crippen LogP contribution < -0.4 is 0 Å². The number of benzene rings is 1. The third-order valence-corrected chi connectivity index (χ3v) is 3.38. The van der Waals surface area contributed by atoms with Crippen molar-refractivity contribution in [1.82, 2.24) is 0 Å². The Bertz CT molecular complexity index is 463. The third-order valence-electron chi connectivity index (χ3n) is 3.38. The maximum absolute atomic E-state index is 13.9. The second-order valence-corrected chi connectivity index (χ2v) is 4.82. The first-order valence-corrected chi connectivity index (χ1v) is 6.07. The lowest BCUT2D eigenvalue weighted by atomic mass is 9.73. The summed E-state index contributed by atoms with van der Waals surface area (Å²) in [5, 5.41) is 0. The van der Waals surface area contributed by atoms with Gasteiger partial charge >= 0.3 is 5.97 Å². The second kappa shape index (κ2) is 5.63. The smallest absolute Gasteiger partial charge is 0.316 e. The van der Waals surface area contributed by atoms with E-state index in [1.54, 1.807) is 20.8 Å². The molecule has 0 N–H and O–H groups in total. The van der Waals surface area contributed by atoms with Crippen LogP contribution in [0.4, 0.5) is 13.2 Å². The standard InChI is InChI=1S/C14H17F3O2/c1-5-19-13(18)14(4,8(2)3)12-10(16)6-9(15)7-11(12)17/h6-8H,5H2,1-4H3. The van der Waals surface area contributed by atoms with Crippen molar-refractivity contribution in [3.63, 3.8) is 0 Å². The molecule has 1 aromatic rings. The highest BCUT2D eigenvalue weighted by molar-refractivity contribution is 5.83. The molecule has 0 amide bonds. The zero-order valence-electron chi connectivity index (χ0n) is 11.4. The molecule has 0 aliphatic rings. The minimum absolute atomic E-state index is 0.103. The molecule has 1 rings (SSSR count). The van der Waals surface area contributed by atoms with E-state index in [9.17, 15) is 18.0 Å². The Morgan fingerprint density at radius 3 is 2.11 bits per heavy atom. The Labute approximate surface area is 110 Å². The van der Waals surface area contributed by atoms with Crippen LogP contribution in [-0.2, 0) is 14.9 Å². The molecule has 19 heavy (non-hydrogen) atoms. The maximum atomic E-state index is 13.9. The molecule has 0 bridgehead atoms. The van der Waals surface area contributed by atoms with Crippen LogP contribution in [0.2, 0.25) is 0 Å². The van der Waals surface area contributed by atoms with Gasteiger partial charge in [-0.1, -0.05) is 13.8 Å². The summed E-state index contributed by atoms with van der Waals surface area (Å²) in [6, 6.07) is 1.14. The fourth-order valence-electron chi connectivity index (χ4n) is 1.95. The molecule has 2 nitrogen and oxygen atoms in total. The van der Waals surface area contributed by atoms with Crippen molar-refractivity contribution in [2.24, 2.45) is 5.92 Å². The van der Waals surface area contributed by atoms with Crippen LogP contribution in [0.1, 0.15) is 33.3 Å². The van der Waals surface area contributed by atoms with E-state index in [4.69, 9.17) is 4.74 Å². The van der Waals surface area contributed by atoms with Gasteiger partial charge in [-0.05, 0) is 19.8 Å². The molecule has 1 atom stereocenters. The van der Waals surface area contributed by atoms with Crippen LogP contribution in [0.5, 0.6) is 0 Å². The van der Waals surface area contributed by atoms with Gasteiger partial charge in [-0.25, -0.2) is 13.2 Å². The molecule has 0 spiro atoms. The minimum atomic E-state index is -1.50. The highest BCUT2D eigenvalue weighted by Gasteiger charge is 2.44. The van der Waals surface area contributed by atoms with Gasteiger partial charge in [0, 0.05) is 17.7 Å². The second-order valence-electron chi connectivity index (χ2n) is 4.82. The first-order chi connectivity index (χ1) is 8.75. The van der Waals surface area contributed by atoms with Crippen LogP contribution >= 0.6 is 0 Å². The fourth-order valence-corrected chi connectivity index (χ4v) is 1.95. The molecule has 0 aliphatic carbocycles. The van der Waals surface area contributed by atoms with Gasteiger partial charge in [0.1, 0.15) is 17.5 Å². The van der Waals surface area contributed by atoms with E-state index >= 15 is 0 Å². The summed E-state index contributed by atoms with van der Waals surface area (Å²) in [4.78, 5) is 12.0. The monoisotopic (exact) mass is 274 g/mol. The summed E-state index contributed by atoms with van der Waals surface area (Å²) >= 11 is 0. The molecule has 0 fully saturated rings. The summed E-state index contributed by atoms with van der Waals surface area (Å²) in [6.07, 6.45) is 0. The number of esters is 1. The Morgan fingerprint density at radius 1 is 1.26 bits per heavy atom. The van der Waals surface area contributed by atoms with Crippen molar-refractivity contribution < 1.29 is 22.7 Å². The number of rotatable bonds is 4. The van der Waals surface area contributed by atoms with E-state index in [-0.39, 0.29) is 6.61 Å². The van der Waals surface area contributed by atoms with Crippen LogP contribution in [0.25, 0.3) is 0 Å². The highest BCUT2D eigenvalue weighted by atomic mass is 19.1. The van der Waals surface area contributed by atoms with Crippen molar-refractivity contribution in [1.29, 1.82) is 0 Å². The first-order valence-electron chi connectivity index (χ1n) is 6.07. The normalized spacial score (nSPS) is 14.3. The molecule has 0 aliphatic heterocycles. The summed E-state index contributed by atoms with van der Waals surface area (Å²) in [5.41, 5.74) is -1.96. The van der Waals surface area contributed by atoms with E-state index in [1.165, 1.54) is 6.92 Å². The largest absolute Gasteiger partial charge is 0.465 e. The summed E-state index contributed by atoms with van der Waals surface area (Å²) in [6.45, 7) is 6.41. The number of ether oxygens (including phenoxy) is 1. The lowest BCUT2D eigenvalue weighted by Gasteiger charge is -2.32. The molecule has 1 unspecified atom stereocenters. The Morgan fingerprint density at radius 2 is 1.74 bits per heavy atom. The lowest BCUT2D eigenvalue weighted by molar-refractivity contribution is -0.151. The van der Waals surface area contributed by atoms with Crippen LogP contribution in [0.3, 0.4) is 0 Å². The van der Waals surface area contributed by atoms with Crippen molar-refractivity contribution in [3.05, 3.63) is 35.1 Å². The van der Waals surface area contributed by atoms with E-state index in [0.29, 0.717) is 12.1 Å². The van der Waals surface area contributed by atoms with Gasteiger partial charge in [-0.15, -0.1) is 0 Å². The Hall–Kier alpha value is -1.52. The molecule has 5 heteroatoms. The van der Waals surface area contributed by atoms with Crippen LogP contribution in [0, 0.1) is 23.4 Å². The SMILES string of the molecule is CCOC(=O)C(C)(c1c(F)cc(F)cc1F)C(C)C. The van der Waals surface area contributed by atoms with E-state index in [2.05, 4.69) is 0 Å². The molecule has 0 saturated carbocycles. The van der Waals surface area contributed by atoms with Gasteiger partial charge in [0.2, 0.25) is 0 Å². The van der Waals surface area contributed by atoms with Gasteiger partial charge in [0.25, 0.3) is 0 Å². The van der Waals surface area contributed by atoms with Crippen molar-refractivity contribution in [2.45, 2.75) is 33.1 Å².